The van der Waals surface area contributed by atoms with Gasteiger partial charge in [-0.15, -0.1) is 11.6 Å². The number of halogens is 1. The lowest BCUT2D eigenvalue weighted by molar-refractivity contribution is -0.117. The molecule has 2 unspecified atom stereocenters. The fraction of sp³-hybridized carbons (Fsp3) is 0.176. The van der Waals surface area contributed by atoms with E-state index in [0.717, 1.165) is 5.56 Å². The molecule has 0 aliphatic carbocycles. The third-order valence-electron chi connectivity index (χ3n) is 3.80. The monoisotopic (exact) mass is 296 g/mol. The molecule has 0 spiro atoms. The molecule has 1 heterocycles. The van der Waals surface area contributed by atoms with Crippen LogP contribution in [0.15, 0.2) is 60.7 Å². The Morgan fingerprint density at radius 1 is 1.10 bits per heavy atom. The summed E-state index contributed by atoms with van der Waals surface area (Å²) >= 11 is 6.18. The summed E-state index contributed by atoms with van der Waals surface area (Å²) in [6.07, 6.45) is 0.281. The molecule has 1 fully saturated rings. The molecule has 1 aliphatic heterocycles. The van der Waals surface area contributed by atoms with E-state index in [1.165, 1.54) is 4.90 Å². The second-order valence-corrected chi connectivity index (χ2v) is 5.55. The predicted molar refractivity (Wildman–Crippen MR) is 81.9 cm³/mol. The van der Waals surface area contributed by atoms with E-state index in [4.69, 9.17) is 11.6 Å². The molecule has 2 aromatic rings. The third-order valence-corrected chi connectivity index (χ3v) is 4.14. The number of para-hydroxylation sites is 1. The molecule has 4 heteroatoms. The maximum atomic E-state index is 12.5. The quantitative estimate of drug-likeness (QED) is 0.797. The molecule has 1 aliphatic rings. The van der Waals surface area contributed by atoms with Crippen molar-refractivity contribution < 1.29 is 4.79 Å². The van der Waals surface area contributed by atoms with Crippen LogP contribution in [-0.2, 0) is 10.3 Å². The van der Waals surface area contributed by atoms with E-state index >= 15 is 0 Å². The van der Waals surface area contributed by atoms with Gasteiger partial charge < -0.3 is 0 Å². The number of anilines is 1. The van der Waals surface area contributed by atoms with Crippen molar-refractivity contribution in [2.24, 2.45) is 0 Å². The van der Waals surface area contributed by atoms with E-state index in [1.54, 1.807) is 0 Å². The molecule has 1 amide bonds. The minimum absolute atomic E-state index is 0.228. The van der Waals surface area contributed by atoms with Crippen LogP contribution in [0.2, 0.25) is 0 Å². The van der Waals surface area contributed by atoms with Crippen LogP contribution in [-0.4, -0.2) is 11.3 Å². The highest BCUT2D eigenvalue weighted by Crippen LogP contribution is 2.43. The van der Waals surface area contributed by atoms with Crippen molar-refractivity contribution in [1.82, 2.24) is 0 Å². The Morgan fingerprint density at radius 3 is 2.24 bits per heavy atom. The molecule has 3 rings (SSSR count). The highest BCUT2D eigenvalue weighted by atomic mass is 35.5. The lowest BCUT2D eigenvalue weighted by Gasteiger charge is -2.32. The van der Waals surface area contributed by atoms with E-state index < -0.39 is 10.9 Å². The second kappa shape index (κ2) is 5.23. The number of benzene rings is 2. The van der Waals surface area contributed by atoms with Gasteiger partial charge in [-0.25, -0.2) is 0 Å². The fourth-order valence-corrected chi connectivity index (χ4v) is 3.13. The summed E-state index contributed by atoms with van der Waals surface area (Å²) in [5.41, 5.74) is 0.426. The van der Waals surface area contributed by atoms with Crippen molar-refractivity contribution in [2.45, 2.75) is 17.3 Å². The lowest BCUT2D eigenvalue weighted by Crippen LogP contribution is -2.42. The standard InChI is InChI=1S/C17H13ClN2O/c18-15-11-17(12-19,13-7-3-1-4-8-13)20(16(15)21)14-9-5-2-6-10-14/h1-10,15H,11H2. The highest BCUT2D eigenvalue weighted by Gasteiger charge is 2.52. The Bertz CT molecular complexity index is 696. The van der Waals surface area contributed by atoms with Gasteiger partial charge >= 0.3 is 0 Å². The van der Waals surface area contributed by atoms with Gasteiger partial charge in [0.25, 0.3) is 0 Å². The number of hydrogen-bond acceptors (Lipinski definition) is 2. The Morgan fingerprint density at radius 2 is 1.67 bits per heavy atom. The fourth-order valence-electron chi connectivity index (χ4n) is 2.81. The SMILES string of the molecule is N#CC1(c2ccccc2)CC(Cl)C(=O)N1c1ccccc1. The first-order valence-corrected chi connectivity index (χ1v) is 7.13. The largest absolute Gasteiger partial charge is 0.288 e. The minimum atomic E-state index is -1.05. The first-order valence-electron chi connectivity index (χ1n) is 6.69. The van der Waals surface area contributed by atoms with Crippen LogP contribution in [0.3, 0.4) is 0 Å². The highest BCUT2D eigenvalue weighted by molar-refractivity contribution is 6.34. The van der Waals surface area contributed by atoms with Crippen LogP contribution >= 0.6 is 11.6 Å². The van der Waals surface area contributed by atoms with Gasteiger partial charge in [0.2, 0.25) is 5.91 Å². The molecule has 0 saturated carbocycles. The minimum Gasteiger partial charge on any atom is -0.288 e. The van der Waals surface area contributed by atoms with E-state index in [-0.39, 0.29) is 12.3 Å². The van der Waals surface area contributed by atoms with Crippen molar-refractivity contribution in [1.29, 1.82) is 5.26 Å². The Hall–Kier alpha value is -2.31. The van der Waals surface area contributed by atoms with E-state index in [9.17, 15) is 10.1 Å². The molecule has 0 N–H and O–H groups in total. The van der Waals surface area contributed by atoms with Crippen molar-refractivity contribution in [3.63, 3.8) is 0 Å². The third kappa shape index (κ3) is 2.09. The normalized spacial score (nSPS) is 24.9. The molecule has 2 aromatic carbocycles. The number of alkyl halides is 1. The number of nitrogens with zero attached hydrogens (tertiary/aromatic N) is 2. The van der Waals surface area contributed by atoms with Gasteiger partial charge in [-0.3, -0.25) is 9.69 Å². The summed E-state index contributed by atoms with van der Waals surface area (Å²) in [4.78, 5) is 14.0. The van der Waals surface area contributed by atoms with Crippen LogP contribution in [0.1, 0.15) is 12.0 Å². The molecule has 1 saturated heterocycles. The summed E-state index contributed by atoms with van der Waals surface area (Å²) in [5.74, 6) is -0.228. The number of amides is 1. The molecule has 0 radical (unpaired) electrons. The Balaban J connectivity index is 2.19. The summed E-state index contributed by atoms with van der Waals surface area (Å²) in [5, 5.41) is 9.14. The summed E-state index contributed by atoms with van der Waals surface area (Å²) in [6.45, 7) is 0. The Labute approximate surface area is 128 Å². The van der Waals surface area contributed by atoms with E-state index in [2.05, 4.69) is 6.07 Å². The average Bonchev–Trinajstić information content (AvgIpc) is 2.81. The van der Waals surface area contributed by atoms with Gasteiger partial charge in [-0.2, -0.15) is 5.26 Å². The van der Waals surface area contributed by atoms with Gasteiger partial charge in [0.15, 0.2) is 5.54 Å². The maximum absolute atomic E-state index is 12.5. The lowest BCUT2D eigenvalue weighted by atomic mass is 9.88. The predicted octanol–water partition coefficient (Wildman–Crippen LogP) is 3.45. The number of carbonyl (C=O) groups excluding carboxylic acids is 1. The second-order valence-electron chi connectivity index (χ2n) is 5.02. The smallest absolute Gasteiger partial charge is 0.246 e. The van der Waals surface area contributed by atoms with Crippen molar-refractivity contribution in [3.05, 3.63) is 66.2 Å². The topological polar surface area (TPSA) is 44.1 Å². The van der Waals surface area contributed by atoms with Gasteiger partial charge in [-0.05, 0) is 17.7 Å². The van der Waals surface area contributed by atoms with Gasteiger partial charge in [0.05, 0.1) is 6.07 Å². The van der Waals surface area contributed by atoms with Gasteiger partial charge in [0, 0.05) is 12.1 Å². The number of carbonyl (C=O) groups is 1. The molecule has 21 heavy (non-hydrogen) atoms. The average molecular weight is 297 g/mol. The summed E-state index contributed by atoms with van der Waals surface area (Å²) < 4.78 is 0. The van der Waals surface area contributed by atoms with Crippen molar-refractivity contribution in [3.8, 4) is 6.07 Å². The van der Waals surface area contributed by atoms with Gasteiger partial charge in [0.1, 0.15) is 5.38 Å². The van der Waals surface area contributed by atoms with E-state index in [1.807, 2.05) is 60.7 Å². The van der Waals surface area contributed by atoms with Crippen molar-refractivity contribution in [2.75, 3.05) is 4.90 Å². The van der Waals surface area contributed by atoms with Crippen molar-refractivity contribution >= 4 is 23.2 Å². The number of rotatable bonds is 2. The molecular weight excluding hydrogens is 284 g/mol. The first-order chi connectivity index (χ1) is 10.2. The Kier molecular flexibility index (Phi) is 3.40. The number of nitriles is 1. The van der Waals surface area contributed by atoms with E-state index in [0.29, 0.717) is 5.69 Å². The van der Waals surface area contributed by atoms with Crippen LogP contribution in [0.4, 0.5) is 5.69 Å². The van der Waals surface area contributed by atoms with Crippen LogP contribution < -0.4 is 4.90 Å². The number of hydrogen-bond donors (Lipinski definition) is 0. The maximum Gasteiger partial charge on any atom is 0.246 e. The van der Waals surface area contributed by atoms with Crippen LogP contribution in [0.25, 0.3) is 0 Å². The molecular formula is C17H13ClN2O. The summed E-state index contributed by atoms with van der Waals surface area (Å²) in [6, 6.07) is 20.9. The molecule has 0 bridgehead atoms. The zero-order valence-corrected chi connectivity index (χ0v) is 12.0. The summed E-state index contributed by atoms with van der Waals surface area (Å²) in [7, 11) is 0. The van der Waals surface area contributed by atoms with Gasteiger partial charge in [-0.1, -0.05) is 48.5 Å². The molecule has 104 valence electrons. The molecule has 0 aromatic heterocycles. The van der Waals surface area contributed by atoms with Crippen LogP contribution in [0, 0.1) is 11.3 Å². The van der Waals surface area contributed by atoms with Crippen LogP contribution in [0.5, 0.6) is 0 Å². The zero-order chi connectivity index (χ0) is 14.9. The molecule has 3 nitrogen and oxygen atoms in total. The zero-order valence-electron chi connectivity index (χ0n) is 11.2. The first kappa shape index (κ1) is 13.7. The molecule has 2 atom stereocenters.